The third kappa shape index (κ3) is 4.92. The summed E-state index contributed by atoms with van der Waals surface area (Å²) in [7, 11) is -3.80. The molecule has 2 rings (SSSR count). The van der Waals surface area contributed by atoms with Crippen LogP contribution in [0.4, 0.5) is 11.4 Å². The van der Waals surface area contributed by atoms with E-state index in [0.717, 1.165) is 16.8 Å². The second-order valence-electron chi connectivity index (χ2n) is 5.66. The van der Waals surface area contributed by atoms with E-state index in [-0.39, 0.29) is 10.5 Å². The van der Waals surface area contributed by atoms with Crippen LogP contribution in [0.5, 0.6) is 0 Å². The largest absolute Gasteiger partial charge is 0.360 e. The van der Waals surface area contributed by atoms with Crippen LogP contribution in [0.2, 0.25) is 0 Å². The quantitative estimate of drug-likeness (QED) is 0.550. The smallest absolute Gasteiger partial charge is 0.267 e. The van der Waals surface area contributed by atoms with Gasteiger partial charge in [-0.15, -0.1) is 0 Å². The van der Waals surface area contributed by atoms with Crippen LogP contribution in [0, 0.1) is 25.2 Å². The molecule has 0 aromatic heterocycles. The molecule has 8 heteroatoms. The number of aryl methyl sites for hydroxylation is 2. The molecule has 0 saturated carbocycles. The molecule has 7 nitrogen and oxygen atoms in total. The van der Waals surface area contributed by atoms with Crippen molar-refractivity contribution in [1.82, 2.24) is 0 Å². The van der Waals surface area contributed by atoms with Crippen molar-refractivity contribution in [3.05, 3.63) is 65.4 Å². The normalized spacial score (nSPS) is 11.5. The van der Waals surface area contributed by atoms with E-state index < -0.39 is 15.9 Å². The van der Waals surface area contributed by atoms with E-state index in [1.165, 1.54) is 30.5 Å². The highest BCUT2D eigenvalue weighted by molar-refractivity contribution is 7.89. The van der Waals surface area contributed by atoms with Gasteiger partial charge in [0.2, 0.25) is 10.0 Å². The number of hydrogen-bond donors (Lipinski definition) is 3. The molecular weight excluding hydrogens is 352 g/mol. The zero-order valence-electron chi connectivity index (χ0n) is 14.3. The number of nitriles is 1. The third-order valence-corrected chi connectivity index (χ3v) is 4.49. The van der Waals surface area contributed by atoms with E-state index in [4.69, 9.17) is 5.14 Å². The molecule has 1 amide bonds. The first kappa shape index (κ1) is 19.2. The lowest BCUT2D eigenvalue weighted by Gasteiger charge is -2.08. The molecule has 134 valence electrons. The molecule has 0 fully saturated rings. The number of nitrogens with two attached hydrogens (primary N) is 1. The number of nitrogens with one attached hydrogen (secondary N) is 2. The van der Waals surface area contributed by atoms with Gasteiger partial charge in [0.15, 0.2) is 0 Å². The van der Waals surface area contributed by atoms with Gasteiger partial charge < -0.3 is 10.6 Å². The minimum Gasteiger partial charge on any atom is -0.360 e. The Bertz CT molecular complexity index is 1000. The maximum Gasteiger partial charge on any atom is 0.267 e. The van der Waals surface area contributed by atoms with Gasteiger partial charge in [0.25, 0.3) is 5.91 Å². The first-order chi connectivity index (χ1) is 12.2. The summed E-state index contributed by atoms with van der Waals surface area (Å²) in [5.41, 5.74) is 3.10. The van der Waals surface area contributed by atoms with Gasteiger partial charge in [-0.3, -0.25) is 4.79 Å². The van der Waals surface area contributed by atoms with Crippen molar-refractivity contribution < 1.29 is 13.2 Å². The van der Waals surface area contributed by atoms with Crippen molar-refractivity contribution in [2.24, 2.45) is 5.14 Å². The molecule has 0 radical (unpaired) electrons. The average molecular weight is 370 g/mol. The van der Waals surface area contributed by atoms with Crippen LogP contribution in [0.25, 0.3) is 0 Å². The molecule has 4 N–H and O–H groups in total. The number of carbonyl (C=O) groups is 1. The van der Waals surface area contributed by atoms with E-state index in [1.807, 2.05) is 38.1 Å². The Morgan fingerprint density at radius 2 is 1.81 bits per heavy atom. The minimum absolute atomic E-state index is 0.0666. The van der Waals surface area contributed by atoms with Crippen molar-refractivity contribution in [3.8, 4) is 6.07 Å². The van der Waals surface area contributed by atoms with Crippen LogP contribution in [0.15, 0.2) is 59.1 Å². The van der Waals surface area contributed by atoms with Crippen molar-refractivity contribution in [1.29, 1.82) is 5.26 Å². The van der Waals surface area contributed by atoms with Gasteiger partial charge in [0, 0.05) is 17.6 Å². The van der Waals surface area contributed by atoms with Crippen LogP contribution in [0.1, 0.15) is 11.1 Å². The summed E-state index contributed by atoms with van der Waals surface area (Å²) in [4.78, 5) is 12.1. The number of rotatable bonds is 5. The molecule has 0 heterocycles. The summed E-state index contributed by atoms with van der Waals surface area (Å²) in [5.74, 6) is -0.617. The van der Waals surface area contributed by atoms with Gasteiger partial charge in [-0.25, -0.2) is 13.6 Å². The van der Waals surface area contributed by atoms with E-state index in [2.05, 4.69) is 10.6 Å². The average Bonchev–Trinajstić information content (AvgIpc) is 2.56. The maximum atomic E-state index is 12.2. The molecule has 26 heavy (non-hydrogen) atoms. The van der Waals surface area contributed by atoms with Gasteiger partial charge in [-0.2, -0.15) is 5.26 Å². The highest BCUT2D eigenvalue weighted by Crippen LogP contribution is 2.17. The lowest BCUT2D eigenvalue weighted by Crippen LogP contribution is -2.15. The van der Waals surface area contributed by atoms with Crippen LogP contribution in [-0.4, -0.2) is 14.3 Å². The van der Waals surface area contributed by atoms with Gasteiger partial charge in [-0.1, -0.05) is 17.7 Å². The highest BCUT2D eigenvalue weighted by atomic mass is 32.2. The number of anilines is 2. The second kappa shape index (κ2) is 7.82. The number of nitrogens with zero attached hydrogens (tertiary/aromatic N) is 1. The molecule has 0 unspecified atom stereocenters. The van der Waals surface area contributed by atoms with Crippen LogP contribution in [-0.2, 0) is 14.8 Å². The lowest BCUT2D eigenvalue weighted by atomic mass is 10.1. The van der Waals surface area contributed by atoms with Gasteiger partial charge >= 0.3 is 0 Å². The van der Waals surface area contributed by atoms with Gasteiger partial charge in [-0.05, 0) is 49.7 Å². The minimum atomic E-state index is -3.80. The molecule has 0 bridgehead atoms. The molecule has 2 aromatic carbocycles. The van der Waals surface area contributed by atoms with E-state index in [9.17, 15) is 18.5 Å². The third-order valence-electron chi connectivity index (χ3n) is 3.56. The van der Waals surface area contributed by atoms with Crippen molar-refractivity contribution in [2.45, 2.75) is 18.7 Å². The molecule has 0 atom stereocenters. The predicted octanol–water partition coefficient (Wildman–Crippen LogP) is 2.41. The zero-order valence-corrected chi connectivity index (χ0v) is 15.1. The Labute approximate surface area is 152 Å². The monoisotopic (exact) mass is 370 g/mol. The molecule has 0 aliphatic rings. The topological polar surface area (TPSA) is 125 Å². The van der Waals surface area contributed by atoms with E-state index in [1.54, 1.807) is 0 Å². The summed E-state index contributed by atoms with van der Waals surface area (Å²) in [5, 5.41) is 19.7. The summed E-state index contributed by atoms with van der Waals surface area (Å²) in [6, 6.07) is 12.9. The van der Waals surface area contributed by atoms with E-state index >= 15 is 0 Å². The van der Waals surface area contributed by atoms with Gasteiger partial charge in [0.1, 0.15) is 11.6 Å². The maximum absolute atomic E-state index is 12.2. The van der Waals surface area contributed by atoms with Crippen molar-refractivity contribution >= 4 is 27.3 Å². The fourth-order valence-corrected chi connectivity index (χ4v) is 2.72. The number of hydrogen-bond acceptors (Lipinski definition) is 5. The number of primary sulfonamides is 1. The molecule has 0 aliphatic carbocycles. The fourth-order valence-electron chi connectivity index (χ4n) is 2.20. The summed E-state index contributed by atoms with van der Waals surface area (Å²) >= 11 is 0. The Morgan fingerprint density at radius 3 is 2.35 bits per heavy atom. The zero-order chi connectivity index (χ0) is 19.3. The molecule has 0 aliphatic heterocycles. The summed E-state index contributed by atoms with van der Waals surface area (Å²) in [6.07, 6.45) is 1.33. The molecular formula is C18H18N4O3S. The molecule has 0 saturated heterocycles. The van der Waals surface area contributed by atoms with Crippen LogP contribution < -0.4 is 15.8 Å². The SMILES string of the molecule is Cc1ccc(N/C=C(/C#N)C(=O)Nc2ccc(S(N)(=O)=O)cc2)c(C)c1. The van der Waals surface area contributed by atoms with E-state index in [0.29, 0.717) is 5.69 Å². The van der Waals surface area contributed by atoms with Crippen LogP contribution >= 0.6 is 0 Å². The standard InChI is InChI=1S/C18H18N4O3S/c1-12-3-8-17(13(2)9-12)21-11-14(10-19)18(23)22-15-4-6-16(7-5-15)26(20,24)25/h3-9,11,21H,1-2H3,(H,22,23)(H2,20,24,25)/b14-11-. The second-order valence-corrected chi connectivity index (χ2v) is 7.22. The Hall–Kier alpha value is -3.15. The summed E-state index contributed by atoms with van der Waals surface area (Å²) in [6.45, 7) is 3.89. The first-order valence-corrected chi connectivity index (χ1v) is 9.13. The Balaban J connectivity index is 2.12. The Morgan fingerprint density at radius 1 is 1.15 bits per heavy atom. The Kier molecular flexibility index (Phi) is 5.77. The number of sulfonamides is 1. The van der Waals surface area contributed by atoms with Crippen LogP contribution in [0.3, 0.4) is 0 Å². The number of benzene rings is 2. The lowest BCUT2D eigenvalue weighted by molar-refractivity contribution is -0.112. The number of amides is 1. The van der Waals surface area contributed by atoms with Crippen molar-refractivity contribution in [3.63, 3.8) is 0 Å². The highest BCUT2D eigenvalue weighted by Gasteiger charge is 2.11. The van der Waals surface area contributed by atoms with Gasteiger partial charge in [0.05, 0.1) is 4.90 Å². The number of carbonyl (C=O) groups excluding carboxylic acids is 1. The molecule has 2 aromatic rings. The fraction of sp³-hybridized carbons (Fsp3) is 0.111. The first-order valence-electron chi connectivity index (χ1n) is 7.59. The molecule has 0 spiro atoms. The van der Waals surface area contributed by atoms with Crippen molar-refractivity contribution in [2.75, 3.05) is 10.6 Å². The summed E-state index contributed by atoms with van der Waals surface area (Å²) < 4.78 is 22.4. The predicted molar refractivity (Wildman–Crippen MR) is 99.7 cm³/mol.